The van der Waals surface area contributed by atoms with E-state index in [1.807, 2.05) is 18.8 Å². The van der Waals surface area contributed by atoms with Gasteiger partial charge in [-0.15, -0.1) is 0 Å². The molecule has 0 aromatic carbocycles. The Bertz CT molecular complexity index is 250. The monoisotopic (exact) mass is 268 g/mol. The highest BCUT2D eigenvalue weighted by Gasteiger charge is 2.18. The van der Waals surface area contributed by atoms with Crippen LogP contribution in [0.15, 0.2) is 0 Å². The highest BCUT2D eigenvalue weighted by molar-refractivity contribution is 7.82. The molecule has 0 aliphatic rings. The Morgan fingerprint density at radius 1 is 1.27 bits per heavy atom. The minimum absolute atomic E-state index is 0.245. The lowest BCUT2D eigenvalue weighted by molar-refractivity contribution is -0.124. The summed E-state index contributed by atoms with van der Waals surface area (Å²) in [6.45, 7) is 0. The van der Waals surface area contributed by atoms with Crippen molar-refractivity contribution in [2.45, 2.75) is 25.7 Å². The van der Waals surface area contributed by atoms with Crippen LogP contribution < -0.4 is 0 Å². The summed E-state index contributed by atoms with van der Waals surface area (Å²) in [5.74, 6) is -0.308. The van der Waals surface area contributed by atoms with Crippen LogP contribution in [0.5, 0.6) is 0 Å². The van der Waals surface area contributed by atoms with Gasteiger partial charge in [-0.3, -0.25) is 8.87 Å². The molecule has 15 heavy (non-hydrogen) atoms. The molecule has 2 atom stereocenters. The topological polar surface area (TPSA) is 57.7 Å². The van der Waals surface area contributed by atoms with Crippen LogP contribution >= 0.6 is 31.6 Å². The molecule has 0 rings (SSSR count). The highest BCUT2D eigenvalue weighted by atomic mass is 32.1. The summed E-state index contributed by atoms with van der Waals surface area (Å²) in [5, 5.41) is 0. The van der Waals surface area contributed by atoms with Crippen molar-refractivity contribution in [1.29, 1.82) is 0 Å². The first-order valence-electron chi connectivity index (χ1n) is 4.29. The van der Waals surface area contributed by atoms with Crippen LogP contribution in [0.2, 0.25) is 0 Å². The molecule has 0 aromatic heterocycles. The fourth-order valence-electron chi connectivity index (χ4n) is 0.841. The van der Waals surface area contributed by atoms with Crippen molar-refractivity contribution in [3.05, 3.63) is 0 Å². The normalized spacial score (nSPS) is 9.53. The second kappa shape index (κ2) is 8.03. The number of hydrogen-bond donors (Lipinski definition) is 1. The van der Waals surface area contributed by atoms with Gasteiger partial charge in [0.15, 0.2) is 0 Å². The van der Waals surface area contributed by atoms with Gasteiger partial charge in [0.25, 0.3) is 0 Å². The Morgan fingerprint density at radius 3 is 2.33 bits per heavy atom. The first-order chi connectivity index (χ1) is 7.00. The number of aldehydes is 1. The lowest BCUT2D eigenvalue weighted by atomic mass is 10.2. The molecule has 0 fully saturated rings. The third-order valence-electron chi connectivity index (χ3n) is 1.63. The highest BCUT2D eigenvalue weighted by Crippen LogP contribution is 2.14. The second-order valence-electron chi connectivity index (χ2n) is 2.80. The van der Waals surface area contributed by atoms with Gasteiger partial charge in [-0.2, -0.15) is 0 Å². The van der Waals surface area contributed by atoms with E-state index in [0.717, 1.165) is 15.0 Å². The number of amides is 3. The Balaban J connectivity index is 3.89. The third kappa shape index (κ3) is 6.08. The zero-order chi connectivity index (χ0) is 11.8. The smallest absolute Gasteiger partial charge is 0.303 e. The number of urea groups is 1. The van der Waals surface area contributed by atoms with E-state index in [4.69, 9.17) is 0 Å². The maximum absolute atomic E-state index is 11.4. The number of hydrogen-bond acceptors (Lipinski definition) is 4. The second-order valence-corrected chi connectivity index (χ2v) is 4.70. The van der Waals surface area contributed by atoms with E-state index < -0.39 is 6.03 Å². The molecule has 5 nitrogen and oxygen atoms in total. The van der Waals surface area contributed by atoms with Gasteiger partial charge in [0.1, 0.15) is 6.29 Å². The summed E-state index contributed by atoms with van der Waals surface area (Å²) in [5.41, 5.74) is 0. The quantitative estimate of drug-likeness (QED) is 0.355. The minimum Gasteiger partial charge on any atom is -0.303 e. The van der Waals surface area contributed by atoms with E-state index in [1.54, 1.807) is 0 Å². The summed E-state index contributed by atoms with van der Waals surface area (Å²) in [6, 6.07) is -0.534. The zero-order valence-electron chi connectivity index (χ0n) is 8.13. The molecule has 2 unspecified atom stereocenters. The minimum atomic E-state index is -0.534. The molecule has 0 radical (unpaired) electrons. The maximum atomic E-state index is 11.4. The van der Waals surface area contributed by atoms with Crippen LogP contribution in [-0.4, -0.2) is 27.0 Å². The maximum Gasteiger partial charge on any atom is 0.342 e. The first kappa shape index (κ1) is 14.8. The molecule has 0 aliphatic carbocycles. The standard InChI is InChI=1S/C7H14N2O3P2S/c10-5-3-1-2-4-6(11)8(13)7(12)9(14)15/h5,15H,1-4,13-14H2. The predicted octanol–water partition coefficient (Wildman–Crippen LogP) is 1.42. The van der Waals surface area contributed by atoms with E-state index in [-0.39, 0.29) is 12.3 Å². The van der Waals surface area contributed by atoms with Gasteiger partial charge in [0.2, 0.25) is 5.91 Å². The number of carbonyl (C=O) groups excluding carboxylic acids is 3. The van der Waals surface area contributed by atoms with Gasteiger partial charge in [0, 0.05) is 12.8 Å². The average Bonchev–Trinajstić information content (AvgIpc) is 2.21. The van der Waals surface area contributed by atoms with Gasteiger partial charge in [-0.1, -0.05) is 12.8 Å². The van der Waals surface area contributed by atoms with E-state index in [0.29, 0.717) is 19.3 Å². The van der Waals surface area contributed by atoms with Crippen LogP contribution in [0.25, 0.3) is 0 Å². The van der Waals surface area contributed by atoms with Gasteiger partial charge < -0.3 is 4.79 Å². The lowest BCUT2D eigenvalue weighted by Crippen LogP contribution is -2.31. The van der Waals surface area contributed by atoms with E-state index in [2.05, 4.69) is 12.8 Å². The first-order valence-corrected chi connectivity index (χ1v) is 5.73. The number of unbranched alkanes of at least 4 members (excludes halogenated alkanes) is 2. The number of thiol groups is 1. The van der Waals surface area contributed by atoms with Crippen molar-refractivity contribution in [2.75, 3.05) is 0 Å². The Labute approximate surface area is 99.0 Å². The molecule has 0 saturated heterocycles. The van der Waals surface area contributed by atoms with Crippen LogP contribution in [-0.2, 0) is 9.59 Å². The van der Waals surface area contributed by atoms with Crippen LogP contribution in [0.4, 0.5) is 4.79 Å². The molecule has 0 aliphatic heterocycles. The Kier molecular flexibility index (Phi) is 7.93. The molecular weight excluding hydrogens is 254 g/mol. The number of nitrogens with zero attached hydrogens (tertiary/aromatic N) is 2. The van der Waals surface area contributed by atoms with Crippen LogP contribution in [0.3, 0.4) is 0 Å². The molecule has 0 N–H and O–H groups in total. The molecule has 3 amide bonds. The predicted molar refractivity (Wildman–Crippen MR) is 67.0 cm³/mol. The Hall–Kier alpha value is -0.180. The van der Waals surface area contributed by atoms with Crippen LogP contribution in [0, 0.1) is 0 Å². The third-order valence-corrected chi connectivity index (χ3v) is 2.53. The number of carbonyl (C=O) groups is 3. The van der Waals surface area contributed by atoms with E-state index >= 15 is 0 Å². The summed E-state index contributed by atoms with van der Waals surface area (Å²) in [6.07, 6.45) is 2.76. The van der Waals surface area contributed by atoms with E-state index in [9.17, 15) is 14.4 Å². The van der Waals surface area contributed by atoms with Crippen molar-refractivity contribution in [3.63, 3.8) is 0 Å². The molecule has 0 bridgehead atoms. The van der Waals surface area contributed by atoms with Gasteiger partial charge >= 0.3 is 6.03 Å². The van der Waals surface area contributed by atoms with E-state index in [1.165, 1.54) is 0 Å². The fourth-order valence-corrected chi connectivity index (χ4v) is 1.55. The fraction of sp³-hybridized carbons (Fsp3) is 0.571. The molecule has 0 saturated carbocycles. The molecular formula is C7H14N2O3P2S. The Morgan fingerprint density at radius 2 is 1.87 bits per heavy atom. The lowest BCUT2D eigenvalue weighted by Gasteiger charge is -2.18. The SMILES string of the molecule is O=CCCCCC(=O)N(P)C(=O)N(P)S. The van der Waals surface area contributed by atoms with Gasteiger partial charge in [-0.25, -0.2) is 9.46 Å². The van der Waals surface area contributed by atoms with Crippen LogP contribution in [0.1, 0.15) is 25.7 Å². The molecule has 8 heteroatoms. The molecule has 0 heterocycles. The number of imide groups is 1. The molecule has 0 aromatic rings. The van der Waals surface area contributed by atoms with Crippen molar-refractivity contribution in [3.8, 4) is 0 Å². The van der Waals surface area contributed by atoms with Gasteiger partial charge in [-0.05, 0) is 31.6 Å². The summed E-state index contributed by atoms with van der Waals surface area (Å²) in [7, 11) is 4.09. The van der Waals surface area contributed by atoms with Crippen molar-refractivity contribution < 1.29 is 14.4 Å². The average molecular weight is 268 g/mol. The molecule has 86 valence electrons. The van der Waals surface area contributed by atoms with Crippen molar-refractivity contribution >= 4 is 49.8 Å². The van der Waals surface area contributed by atoms with Gasteiger partial charge in [0.05, 0.1) is 0 Å². The van der Waals surface area contributed by atoms with Crippen molar-refractivity contribution in [2.24, 2.45) is 0 Å². The number of rotatable bonds is 5. The zero-order valence-corrected chi connectivity index (χ0v) is 11.3. The summed E-state index contributed by atoms with van der Waals surface area (Å²) >= 11 is 3.74. The van der Waals surface area contributed by atoms with Crippen molar-refractivity contribution in [1.82, 2.24) is 8.75 Å². The molecule has 0 spiro atoms. The largest absolute Gasteiger partial charge is 0.342 e. The summed E-state index contributed by atoms with van der Waals surface area (Å²) < 4.78 is 1.86. The summed E-state index contributed by atoms with van der Waals surface area (Å²) in [4.78, 5) is 32.6.